The SMILES string of the molecule is O=C([O-])C1CC/C=C\CCCCCCC1.O=C([O-])C1CC/C=C\CCCCCCC1.[Cl-].[Cl-].[Cl-].[Mo+5]. The van der Waals surface area contributed by atoms with E-state index in [2.05, 4.69) is 24.3 Å². The van der Waals surface area contributed by atoms with Crippen molar-refractivity contribution in [2.24, 2.45) is 11.8 Å². The van der Waals surface area contributed by atoms with Crippen molar-refractivity contribution < 1.29 is 78.1 Å². The van der Waals surface area contributed by atoms with Crippen LogP contribution < -0.4 is 47.4 Å². The molecule has 2 unspecified atom stereocenters. The summed E-state index contributed by atoms with van der Waals surface area (Å²) in [5.41, 5.74) is 0. The van der Waals surface area contributed by atoms with E-state index in [0.29, 0.717) is 0 Å². The van der Waals surface area contributed by atoms with Gasteiger partial charge in [-0.05, 0) is 76.0 Å². The molecular weight excluding hydrogens is 579 g/mol. The number of carboxylic acid groups (broad SMARTS) is 2. The topological polar surface area (TPSA) is 80.3 Å². The predicted octanol–water partition coefficient (Wildman–Crippen LogP) is -4.12. The molecule has 0 aromatic rings. The van der Waals surface area contributed by atoms with Gasteiger partial charge < -0.3 is 57.0 Å². The Labute approximate surface area is 240 Å². The van der Waals surface area contributed by atoms with E-state index >= 15 is 0 Å². The van der Waals surface area contributed by atoms with Gasteiger partial charge in [0.25, 0.3) is 0 Å². The number of hydrogen-bond donors (Lipinski definition) is 0. The maximum absolute atomic E-state index is 10.8. The van der Waals surface area contributed by atoms with Gasteiger partial charge in [-0.1, -0.05) is 75.7 Å². The Bertz CT molecular complexity index is 484. The van der Waals surface area contributed by atoms with Crippen LogP contribution in [0.15, 0.2) is 24.3 Å². The molecule has 34 heavy (non-hydrogen) atoms. The standard InChI is InChI=1S/2C13H22O2.3ClH.Mo/c2*14-13(15)12-10-8-6-4-2-1-3-5-7-9-11-12;;;;/h2*4,6,12H,1-3,5,7-11H2,(H,14,15);3*1H;/q;;;;;+5/p-5/b2*6-4-;;;;. The van der Waals surface area contributed by atoms with E-state index < -0.39 is 11.9 Å². The van der Waals surface area contributed by atoms with E-state index in [1.165, 1.54) is 51.4 Å². The summed E-state index contributed by atoms with van der Waals surface area (Å²) in [6, 6.07) is 0. The van der Waals surface area contributed by atoms with Crippen LogP contribution in [0, 0.1) is 11.8 Å². The number of halogens is 3. The number of carbonyl (C=O) groups is 2. The molecule has 0 heterocycles. The first kappa shape index (κ1) is 41.1. The third kappa shape index (κ3) is 23.7. The van der Waals surface area contributed by atoms with Crippen molar-refractivity contribution in [1.29, 1.82) is 0 Å². The summed E-state index contributed by atoms with van der Waals surface area (Å²) in [6.07, 6.45) is 27.8. The van der Waals surface area contributed by atoms with Crippen LogP contribution >= 0.6 is 0 Å². The second-order valence-electron chi connectivity index (χ2n) is 8.82. The zero-order valence-electron chi connectivity index (χ0n) is 20.4. The summed E-state index contributed by atoms with van der Waals surface area (Å²) in [5, 5.41) is 21.7. The third-order valence-electron chi connectivity index (χ3n) is 6.21. The zero-order chi connectivity index (χ0) is 21.9. The number of carbonyl (C=O) groups excluding carboxylic acids is 2. The minimum Gasteiger partial charge on any atom is -1.00 e. The summed E-state index contributed by atoms with van der Waals surface area (Å²) >= 11 is 0. The first-order chi connectivity index (χ1) is 14.6. The second kappa shape index (κ2) is 29.2. The van der Waals surface area contributed by atoms with Gasteiger partial charge in [-0.25, -0.2) is 0 Å². The smallest absolute Gasteiger partial charge is 1.00 e. The van der Waals surface area contributed by atoms with Crippen LogP contribution in [0.1, 0.15) is 116 Å². The van der Waals surface area contributed by atoms with E-state index in [-0.39, 0.29) is 70.1 Å². The van der Waals surface area contributed by atoms with E-state index in [4.69, 9.17) is 0 Å². The Morgan fingerprint density at radius 2 is 0.765 bits per heavy atom. The van der Waals surface area contributed by atoms with Gasteiger partial charge in [0.15, 0.2) is 0 Å². The summed E-state index contributed by atoms with van der Waals surface area (Å²) in [5.74, 6) is -2.18. The molecule has 1 radical (unpaired) electrons. The van der Waals surface area contributed by atoms with Crippen LogP contribution in [0.3, 0.4) is 0 Å². The van der Waals surface area contributed by atoms with Crippen molar-refractivity contribution in [3.05, 3.63) is 24.3 Å². The van der Waals surface area contributed by atoms with Crippen LogP contribution in [-0.2, 0) is 30.7 Å². The molecule has 0 spiro atoms. The molecule has 197 valence electrons. The molecule has 4 nitrogen and oxygen atoms in total. The number of rotatable bonds is 2. The van der Waals surface area contributed by atoms with Gasteiger partial charge in [0.1, 0.15) is 0 Å². The van der Waals surface area contributed by atoms with Gasteiger partial charge in [-0.15, -0.1) is 0 Å². The van der Waals surface area contributed by atoms with Gasteiger partial charge in [0, 0.05) is 11.9 Å². The molecule has 0 saturated carbocycles. The average molecular weight is 621 g/mol. The zero-order valence-corrected chi connectivity index (χ0v) is 24.6. The Hall–Kier alpha value is -0.0217. The Kier molecular flexibility index (Phi) is 35.3. The molecule has 0 aromatic heterocycles. The van der Waals surface area contributed by atoms with Gasteiger partial charge in [0.05, 0.1) is 0 Å². The normalized spacial score (nSPS) is 24.1. The van der Waals surface area contributed by atoms with E-state index in [1.807, 2.05) is 0 Å². The van der Waals surface area contributed by atoms with Crippen molar-refractivity contribution in [3.63, 3.8) is 0 Å². The maximum atomic E-state index is 10.8. The molecule has 0 amide bonds. The Morgan fingerprint density at radius 3 is 1.12 bits per heavy atom. The fourth-order valence-corrected chi connectivity index (χ4v) is 4.19. The van der Waals surface area contributed by atoms with Crippen LogP contribution in [0.25, 0.3) is 0 Å². The molecule has 0 fully saturated rings. The fourth-order valence-electron chi connectivity index (χ4n) is 4.19. The van der Waals surface area contributed by atoms with Gasteiger partial charge in [-0.2, -0.15) is 0 Å². The molecule has 0 N–H and O–H groups in total. The fraction of sp³-hybridized carbons (Fsp3) is 0.769. The van der Waals surface area contributed by atoms with Crippen molar-refractivity contribution in [3.8, 4) is 0 Å². The van der Waals surface area contributed by atoms with Crippen molar-refractivity contribution in [2.75, 3.05) is 0 Å². The molecule has 0 bridgehead atoms. The molecule has 2 rings (SSSR count). The van der Waals surface area contributed by atoms with Crippen LogP contribution in [-0.4, -0.2) is 11.9 Å². The Balaban J connectivity index is -0.000000237. The first-order valence-electron chi connectivity index (χ1n) is 12.3. The van der Waals surface area contributed by atoms with Gasteiger partial charge in [-0.3, -0.25) is 0 Å². The third-order valence-corrected chi connectivity index (χ3v) is 6.21. The van der Waals surface area contributed by atoms with E-state index in [0.717, 1.165) is 64.2 Å². The van der Waals surface area contributed by atoms with E-state index in [1.54, 1.807) is 0 Å². The number of aliphatic carboxylic acids is 2. The molecular formula is C26H42Cl3MoO4. The van der Waals surface area contributed by atoms with Crippen LogP contribution in [0.4, 0.5) is 0 Å². The first-order valence-corrected chi connectivity index (χ1v) is 12.3. The van der Waals surface area contributed by atoms with Crippen LogP contribution in [0.2, 0.25) is 0 Å². The molecule has 2 atom stereocenters. The largest absolute Gasteiger partial charge is 5.00 e. The predicted molar refractivity (Wildman–Crippen MR) is 118 cm³/mol. The second-order valence-corrected chi connectivity index (χ2v) is 8.82. The van der Waals surface area contributed by atoms with Gasteiger partial charge >= 0.3 is 21.1 Å². The number of hydrogen-bond acceptors (Lipinski definition) is 4. The molecule has 0 aliphatic heterocycles. The summed E-state index contributed by atoms with van der Waals surface area (Å²) in [6.45, 7) is 0. The number of carboxylic acids is 2. The van der Waals surface area contributed by atoms with Crippen molar-refractivity contribution >= 4 is 11.9 Å². The van der Waals surface area contributed by atoms with Crippen LogP contribution in [0.5, 0.6) is 0 Å². The minimum atomic E-state index is -0.861. The number of allylic oxidation sites excluding steroid dienone is 4. The van der Waals surface area contributed by atoms with E-state index in [9.17, 15) is 19.8 Å². The monoisotopic (exact) mass is 621 g/mol. The molecule has 2 aliphatic rings. The summed E-state index contributed by atoms with van der Waals surface area (Å²) in [7, 11) is 0. The molecule has 0 saturated heterocycles. The van der Waals surface area contributed by atoms with Gasteiger partial charge in [0.2, 0.25) is 0 Å². The maximum Gasteiger partial charge on any atom is 5.00 e. The summed E-state index contributed by atoms with van der Waals surface area (Å²) < 4.78 is 0. The average Bonchev–Trinajstić information content (AvgIpc) is 2.69. The molecule has 8 heteroatoms. The molecule has 2 aliphatic carbocycles. The molecule has 0 aromatic carbocycles. The summed E-state index contributed by atoms with van der Waals surface area (Å²) in [4.78, 5) is 21.7. The minimum absolute atomic E-state index is 0. The van der Waals surface area contributed by atoms with Crippen molar-refractivity contribution in [2.45, 2.75) is 116 Å². The Morgan fingerprint density at radius 1 is 0.471 bits per heavy atom. The van der Waals surface area contributed by atoms with Crippen molar-refractivity contribution in [1.82, 2.24) is 0 Å². The quantitative estimate of drug-likeness (QED) is 0.232.